The number of nitrogens with zero attached hydrogens (tertiary/aromatic N) is 4. The van der Waals surface area contributed by atoms with Crippen LogP contribution in [0.15, 0.2) is 35.4 Å². The number of rotatable bonds is 2. The smallest absolute Gasteiger partial charge is 0.243 e. The van der Waals surface area contributed by atoms with Gasteiger partial charge in [-0.2, -0.15) is 4.31 Å². The van der Waals surface area contributed by atoms with Gasteiger partial charge in [0.1, 0.15) is 5.82 Å². The molecule has 2 atom stereocenters. The molecule has 4 rings (SSSR count). The van der Waals surface area contributed by atoms with Crippen LogP contribution in [-0.4, -0.2) is 46.9 Å². The number of halogens is 1. The number of hydrogen-bond acceptors (Lipinski definition) is 5. The molecule has 1 aromatic carbocycles. The minimum Gasteiger partial charge on any atom is -0.368 e. The highest BCUT2D eigenvalue weighted by molar-refractivity contribution is 7.89. The van der Waals surface area contributed by atoms with Gasteiger partial charge in [0, 0.05) is 13.1 Å². The highest BCUT2D eigenvalue weighted by atomic mass is 32.2. The first kappa shape index (κ1) is 13.8. The fourth-order valence-corrected chi connectivity index (χ4v) is 4.38. The molecule has 0 spiro atoms. The minimum atomic E-state index is -3.67. The fraction of sp³-hybridized carbons (Fsp3) is 0.385. The van der Waals surface area contributed by atoms with Crippen molar-refractivity contribution in [2.24, 2.45) is 0 Å². The lowest BCUT2D eigenvalue weighted by Crippen LogP contribution is -2.32. The summed E-state index contributed by atoms with van der Waals surface area (Å²) >= 11 is 0. The molecule has 9 heteroatoms. The SMILES string of the molecule is O=S(=O)(c1ccc(F)cc1)N1C[C@@H]2OCc3cnnn3[C@H]2C1. The lowest BCUT2D eigenvalue weighted by atomic mass is 10.2. The molecule has 0 radical (unpaired) electrons. The molecule has 0 amide bonds. The molecule has 3 heterocycles. The van der Waals surface area contributed by atoms with Crippen molar-refractivity contribution in [3.8, 4) is 0 Å². The third kappa shape index (κ3) is 2.04. The van der Waals surface area contributed by atoms with Crippen LogP contribution in [0.4, 0.5) is 4.39 Å². The first-order chi connectivity index (χ1) is 10.6. The molecule has 116 valence electrons. The first-order valence-electron chi connectivity index (χ1n) is 6.82. The lowest BCUT2D eigenvalue weighted by Gasteiger charge is -2.25. The molecule has 0 bridgehead atoms. The van der Waals surface area contributed by atoms with Crippen LogP contribution in [0.1, 0.15) is 11.7 Å². The van der Waals surface area contributed by atoms with Gasteiger partial charge in [0.05, 0.1) is 35.5 Å². The van der Waals surface area contributed by atoms with Crippen molar-refractivity contribution in [3.63, 3.8) is 0 Å². The number of ether oxygens (including phenoxy) is 1. The molecule has 0 saturated carbocycles. The molecule has 2 aliphatic heterocycles. The zero-order chi connectivity index (χ0) is 15.3. The van der Waals surface area contributed by atoms with E-state index in [-0.39, 0.29) is 30.1 Å². The van der Waals surface area contributed by atoms with E-state index in [9.17, 15) is 12.8 Å². The minimum absolute atomic E-state index is 0.0753. The third-order valence-electron chi connectivity index (χ3n) is 4.06. The lowest BCUT2D eigenvalue weighted by molar-refractivity contribution is -0.00389. The van der Waals surface area contributed by atoms with Crippen LogP contribution in [0.3, 0.4) is 0 Å². The van der Waals surface area contributed by atoms with E-state index in [1.165, 1.54) is 16.4 Å². The second-order valence-electron chi connectivity index (χ2n) is 5.36. The average Bonchev–Trinajstić information content (AvgIpc) is 3.13. The summed E-state index contributed by atoms with van der Waals surface area (Å²) in [6.45, 7) is 0.892. The third-order valence-corrected chi connectivity index (χ3v) is 5.91. The van der Waals surface area contributed by atoms with Crippen LogP contribution in [0.25, 0.3) is 0 Å². The van der Waals surface area contributed by atoms with E-state index >= 15 is 0 Å². The molecule has 0 N–H and O–H groups in total. The van der Waals surface area contributed by atoms with Crippen molar-refractivity contribution in [1.29, 1.82) is 0 Å². The predicted octanol–water partition coefficient (Wildman–Crippen LogP) is 0.562. The summed E-state index contributed by atoms with van der Waals surface area (Å²) in [5, 5.41) is 7.86. The maximum Gasteiger partial charge on any atom is 0.243 e. The Morgan fingerprint density at radius 2 is 2.00 bits per heavy atom. The Kier molecular flexibility index (Phi) is 3.03. The molecular formula is C13H13FN4O3S. The van der Waals surface area contributed by atoms with E-state index in [0.717, 1.165) is 17.8 Å². The molecular weight excluding hydrogens is 311 g/mol. The van der Waals surface area contributed by atoms with Crippen LogP contribution in [0.2, 0.25) is 0 Å². The summed E-state index contributed by atoms with van der Waals surface area (Å²) in [7, 11) is -3.67. The van der Waals surface area contributed by atoms with Crippen LogP contribution in [0.5, 0.6) is 0 Å². The van der Waals surface area contributed by atoms with Crippen molar-refractivity contribution in [2.75, 3.05) is 13.1 Å². The van der Waals surface area contributed by atoms with E-state index in [1.54, 1.807) is 10.9 Å². The van der Waals surface area contributed by atoms with Crippen molar-refractivity contribution >= 4 is 10.0 Å². The van der Waals surface area contributed by atoms with Gasteiger partial charge in [0.2, 0.25) is 10.0 Å². The molecule has 1 aromatic heterocycles. The zero-order valence-corrected chi connectivity index (χ0v) is 12.3. The Morgan fingerprint density at radius 1 is 1.23 bits per heavy atom. The van der Waals surface area contributed by atoms with E-state index in [1.807, 2.05) is 0 Å². The van der Waals surface area contributed by atoms with Gasteiger partial charge in [-0.1, -0.05) is 5.21 Å². The predicted molar refractivity (Wildman–Crippen MR) is 72.8 cm³/mol. The van der Waals surface area contributed by atoms with Gasteiger partial charge in [-0.25, -0.2) is 17.5 Å². The van der Waals surface area contributed by atoms with Crippen LogP contribution in [0, 0.1) is 5.82 Å². The Bertz CT molecular complexity index is 805. The van der Waals surface area contributed by atoms with Gasteiger partial charge in [-0.15, -0.1) is 5.10 Å². The normalized spacial score (nSPS) is 25.0. The molecule has 1 fully saturated rings. The van der Waals surface area contributed by atoms with Crippen LogP contribution < -0.4 is 0 Å². The number of fused-ring (bicyclic) bond motifs is 3. The first-order valence-corrected chi connectivity index (χ1v) is 8.26. The monoisotopic (exact) mass is 324 g/mol. The van der Waals surface area contributed by atoms with Crippen LogP contribution in [-0.2, 0) is 21.4 Å². The van der Waals surface area contributed by atoms with Gasteiger partial charge in [0.15, 0.2) is 0 Å². The summed E-state index contributed by atoms with van der Waals surface area (Å²) in [4.78, 5) is 0.0753. The number of aromatic nitrogens is 3. The molecule has 22 heavy (non-hydrogen) atoms. The summed E-state index contributed by atoms with van der Waals surface area (Å²) in [6.07, 6.45) is 1.37. The average molecular weight is 324 g/mol. The Morgan fingerprint density at radius 3 is 2.77 bits per heavy atom. The van der Waals surface area contributed by atoms with Crippen molar-refractivity contribution < 1.29 is 17.5 Å². The fourth-order valence-electron chi connectivity index (χ4n) is 2.91. The number of hydrogen-bond donors (Lipinski definition) is 0. The second kappa shape index (κ2) is 4.83. The second-order valence-corrected chi connectivity index (χ2v) is 7.30. The van der Waals surface area contributed by atoms with Crippen molar-refractivity contribution in [1.82, 2.24) is 19.3 Å². The molecule has 0 unspecified atom stereocenters. The van der Waals surface area contributed by atoms with E-state index in [4.69, 9.17) is 4.74 Å². The number of benzene rings is 1. The zero-order valence-electron chi connectivity index (χ0n) is 11.5. The molecule has 0 aliphatic carbocycles. The highest BCUT2D eigenvalue weighted by Crippen LogP contribution is 2.33. The summed E-state index contributed by atoms with van der Waals surface area (Å²) in [5.74, 6) is -0.468. The quantitative estimate of drug-likeness (QED) is 0.807. The molecule has 1 saturated heterocycles. The van der Waals surface area contributed by atoms with Gasteiger partial charge in [0.25, 0.3) is 0 Å². The standard InChI is InChI=1S/C13H13FN4O3S/c14-9-1-3-11(4-2-9)22(19,20)17-6-12-13(7-17)21-8-10-5-15-16-18(10)12/h1-5,12-13H,6-8H2/t12-,13-/m0/s1. The topological polar surface area (TPSA) is 77.3 Å². The largest absolute Gasteiger partial charge is 0.368 e. The van der Waals surface area contributed by atoms with E-state index in [0.29, 0.717) is 6.61 Å². The Labute approximate surface area is 126 Å². The van der Waals surface area contributed by atoms with Crippen molar-refractivity contribution in [3.05, 3.63) is 42.0 Å². The molecule has 2 aromatic rings. The Hall–Kier alpha value is -1.84. The maximum atomic E-state index is 13.0. The molecule has 7 nitrogen and oxygen atoms in total. The molecule has 2 aliphatic rings. The number of sulfonamides is 1. The van der Waals surface area contributed by atoms with Crippen LogP contribution >= 0.6 is 0 Å². The van der Waals surface area contributed by atoms with Gasteiger partial charge >= 0.3 is 0 Å². The van der Waals surface area contributed by atoms with Crippen molar-refractivity contribution in [2.45, 2.75) is 23.6 Å². The highest BCUT2D eigenvalue weighted by Gasteiger charge is 2.44. The summed E-state index contributed by atoms with van der Waals surface area (Å²) < 4.78 is 47.0. The van der Waals surface area contributed by atoms with Gasteiger partial charge < -0.3 is 4.74 Å². The Balaban J connectivity index is 1.64. The van der Waals surface area contributed by atoms with E-state index < -0.39 is 15.8 Å². The maximum absolute atomic E-state index is 13.0. The summed E-state index contributed by atoms with van der Waals surface area (Å²) in [6, 6.07) is 4.65. The van der Waals surface area contributed by atoms with E-state index in [2.05, 4.69) is 10.3 Å². The van der Waals surface area contributed by atoms with Gasteiger partial charge in [-0.05, 0) is 24.3 Å². The summed E-state index contributed by atoms with van der Waals surface area (Å²) in [5.41, 5.74) is 0.835. The van der Waals surface area contributed by atoms with Gasteiger partial charge in [-0.3, -0.25) is 0 Å².